The summed E-state index contributed by atoms with van der Waals surface area (Å²) in [6.07, 6.45) is 3.55. The Bertz CT molecular complexity index is 1250. The molecule has 1 saturated heterocycles. The number of benzene rings is 2. The summed E-state index contributed by atoms with van der Waals surface area (Å²) in [4.78, 5) is 24.9. The number of rotatable bonds is 3. The second-order valence-electron chi connectivity index (χ2n) is 8.13. The van der Waals surface area contributed by atoms with Crippen molar-refractivity contribution in [2.24, 2.45) is 0 Å². The van der Waals surface area contributed by atoms with E-state index < -0.39 is 0 Å². The van der Waals surface area contributed by atoms with Crippen LogP contribution in [0.1, 0.15) is 16.1 Å². The van der Waals surface area contributed by atoms with Crippen molar-refractivity contribution < 1.29 is 9.18 Å². The molecule has 0 saturated carbocycles. The Labute approximate surface area is 179 Å². The van der Waals surface area contributed by atoms with Crippen molar-refractivity contribution in [2.75, 3.05) is 43.4 Å². The third kappa shape index (κ3) is 3.51. The lowest BCUT2D eigenvalue weighted by Crippen LogP contribution is -2.44. The maximum atomic E-state index is 14.1. The molecule has 0 atom stereocenters. The smallest absolute Gasteiger partial charge is 0.272 e. The summed E-state index contributed by atoms with van der Waals surface area (Å²) in [7, 11) is 2.13. The number of halogens is 1. The van der Waals surface area contributed by atoms with Gasteiger partial charge < -0.3 is 20.1 Å². The van der Waals surface area contributed by atoms with Gasteiger partial charge in [0.2, 0.25) is 0 Å². The van der Waals surface area contributed by atoms with Crippen LogP contribution in [0.4, 0.5) is 15.8 Å². The summed E-state index contributed by atoms with van der Waals surface area (Å²) >= 11 is 0. The van der Waals surface area contributed by atoms with Crippen LogP contribution < -0.4 is 10.2 Å². The molecule has 1 aliphatic rings. The molecular weight excluding hydrogens is 393 g/mol. The number of aryl methyl sites for hydroxylation is 1. The van der Waals surface area contributed by atoms with Crippen LogP contribution in [-0.4, -0.2) is 54.0 Å². The predicted molar refractivity (Wildman–Crippen MR) is 122 cm³/mol. The van der Waals surface area contributed by atoms with E-state index >= 15 is 0 Å². The van der Waals surface area contributed by atoms with Gasteiger partial charge in [-0.1, -0.05) is 6.07 Å². The fourth-order valence-corrected chi connectivity index (χ4v) is 4.24. The van der Waals surface area contributed by atoms with Crippen molar-refractivity contribution in [2.45, 2.75) is 6.92 Å². The van der Waals surface area contributed by atoms with Crippen LogP contribution >= 0.6 is 0 Å². The number of nitrogens with zero attached hydrogens (tertiary/aromatic N) is 3. The second-order valence-corrected chi connectivity index (χ2v) is 8.13. The summed E-state index contributed by atoms with van der Waals surface area (Å²) < 4.78 is 14.1. The lowest BCUT2D eigenvalue weighted by molar-refractivity contribution is 0.102. The van der Waals surface area contributed by atoms with Gasteiger partial charge in [-0.05, 0) is 49.9 Å². The van der Waals surface area contributed by atoms with Crippen LogP contribution in [0, 0.1) is 12.7 Å². The van der Waals surface area contributed by atoms with Gasteiger partial charge in [-0.2, -0.15) is 0 Å². The minimum Gasteiger partial charge on any atom is -0.368 e. The van der Waals surface area contributed by atoms with Gasteiger partial charge in [-0.25, -0.2) is 4.39 Å². The van der Waals surface area contributed by atoms with Crippen molar-refractivity contribution in [1.29, 1.82) is 0 Å². The van der Waals surface area contributed by atoms with Gasteiger partial charge in [-0.15, -0.1) is 0 Å². The highest BCUT2D eigenvalue weighted by molar-refractivity contribution is 6.12. The fourth-order valence-electron chi connectivity index (χ4n) is 4.24. The number of amides is 1. The molecule has 1 fully saturated rings. The average molecular weight is 417 g/mol. The van der Waals surface area contributed by atoms with Gasteiger partial charge in [0.1, 0.15) is 11.5 Å². The molecule has 0 bridgehead atoms. The Hall–Kier alpha value is -3.45. The first-order valence-corrected chi connectivity index (χ1v) is 10.4. The zero-order valence-corrected chi connectivity index (χ0v) is 17.6. The van der Waals surface area contributed by atoms with E-state index in [1.165, 1.54) is 6.07 Å². The van der Waals surface area contributed by atoms with Gasteiger partial charge in [0.25, 0.3) is 5.91 Å². The number of fused-ring (bicyclic) bond motifs is 2. The van der Waals surface area contributed by atoms with E-state index in [-0.39, 0.29) is 11.7 Å². The summed E-state index contributed by atoms with van der Waals surface area (Å²) in [5, 5.41) is 5.62. The molecule has 158 valence electrons. The second kappa shape index (κ2) is 7.67. The highest BCUT2D eigenvalue weighted by atomic mass is 19.1. The lowest BCUT2D eigenvalue weighted by Gasteiger charge is -2.34. The quantitative estimate of drug-likeness (QED) is 0.525. The van der Waals surface area contributed by atoms with E-state index in [2.05, 4.69) is 38.2 Å². The molecule has 0 aliphatic carbocycles. The Kier molecular flexibility index (Phi) is 4.82. The van der Waals surface area contributed by atoms with Crippen molar-refractivity contribution in [3.8, 4) is 0 Å². The number of hydrogen-bond acceptors (Lipinski definition) is 4. The molecular formula is C24H24FN5O. The van der Waals surface area contributed by atoms with E-state index in [0.29, 0.717) is 22.3 Å². The number of nitrogens with one attached hydrogen (secondary N) is 2. The van der Waals surface area contributed by atoms with Crippen LogP contribution in [0.3, 0.4) is 0 Å². The lowest BCUT2D eigenvalue weighted by atomic mass is 10.1. The zero-order valence-electron chi connectivity index (χ0n) is 17.6. The summed E-state index contributed by atoms with van der Waals surface area (Å²) in [6.45, 7) is 5.84. The molecule has 2 aromatic heterocycles. The third-order valence-corrected chi connectivity index (χ3v) is 6.09. The third-order valence-electron chi connectivity index (χ3n) is 6.09. The molecule has 4 aromatic rings. The highest BCUT2D eigenvalue weighted by Gasteiger charge is 2.19. The first kappa shape index (κ1) is 19.5. The summed E-state index contributed by atoms with van der Waals surface area (Å²) in [5.41, 5.74) is 3.41. The van der Waals surface area contributed by atoms with E-state index in [1.54, 1.807) is 24.5 Å². The molecule has 1 amide bonds. The maximum absolute atomic E-state index is 14.1. The van der Waals surface area contributed by atoms with Crippen LogP contribution in [-0.2, 0) is 0 Å². The van der Waals surface area contributed by atoms with E-state index in [4.69, 9.17) is 0 Å². The van der Waals surface area contributed by atoms with Crippen molar-refractivity contribution >= 4 is 39.0 Å². The first-order valence-electron chi connectivity index (χ1n) is 10.4. The Morgan fingerprint density at radius 2 is 1.87 bits per heavy atom. The Balaban J connectivity index is 1.48. The molecule has 0 spiro atoms. The Morgan fingerprint density at radius 1 is 1.06 bits per heavy atom. The van der Waals surface area contributed by atoms with Crippen molar-refractivity contribution in [3.63, 3.8) is 0 Å². The molecule has 3 heterocycles. The highest BCUT2D eigenvalue weighted by Crippen LogP contribution is 2.33. The van der Waals surface area contributed by atoms with Gasteiger partial charge in [0, 0.05) is 60.4 Å². The first-order chi connectivity index (χ1) is 15.0. The number of piperazine rings is 1. The molecule has 2 N–H and O–H groups in total. The number of aromatic nitrogens is 2. The maximum Gasteiger partial charge on any atom is 0.272 e. The number of H-pyrrole nitrogens is 1. The molecule has 0 unspecified atom stereocenters. The predicted octanol–water partition coefficient (Wildman–Crippen LogP) is 4.17. The molecule has 2 aromatic carbocycles. The number of likely N-dealkylation sites (N-methyl/N-ethyl adjacent to an activating group) is 1. The zero-order chi connectivity index (χ0) is 21.5. The molecule has 31 heavy (non-hydrogen) atoms. The number of anilines is 2. The van der Waals surface area contributed by atoms with Crippen LogP contribution in [0.25, 0.3) is 21.7 Å². The topological polar surface area (TPSA) is 64.3 Å². The minimum atomic E-state index is -0.370. The van der Waals surface area contributed by atoms with Crippen LogP contribution in [0.5, 0.6) is 0 Å². The summed E-state index contributed by atoms with van der Waals surface area (Å²) in [5.74, 6) is -0.682. The molecule has 7 heteroatoms. The number of aromatic amines is 1. The number of carbonyl (C=O) groups excluding carboxylic acids is 1. The SMILES string of the molecule is Cc1ccc(F)c2[nH]c(C(=O)Nc3ccc(N4CCN(C)CC4)c4ccncc34)cc12. The average Bonchev–Trinajstić information content (AvgIpc) is 3.25. The van der Waals surface area contributed by atoms with E-state index in [9.17, 15) is 9.18 Å². The number of hydrogen-bond donors (Lipinski definition) is 2. The minimum absolute atomic E-state index is 0.312. The van der Waals surface area contributed by atoms with Crippen molar-refractivity contribution in [3.05, 3.63) is 65.9 Å². The standard InChI is InChI=1S/C24H24FN5O/c1-15-3-4-19(25)23-17(15)13-21(27-23)24(31)28-20-5-6-22(16-7-8-26-14-18(16)20)30-11-9-29(2)10-12-30/h3-8,13-14,27H,9-12H2,1-2H3,(H,28,31). The summed E-state index contributed by atoms with van der Waals surface area (Å²) in [6, 6.07) is 10.8. The number of carbonyl (C=O) groups is 1. The molecule has 0 radical (unpaired) electrons. The molecule has 5 rings (SSSR count). The van der Waals surface area contributed by atoms with Gasteiger partial charge in [-0.3, -0.25) is 9.78 Å². The van der Waals surface area contributed by atoms with Crippen LogP contribution in [0.15, 0.2) is 48.8 Å². The molecule has 6 nitrogen and oxygen atoms in total. The van der Waals surface area contributed by atoms with Crippen molar-refractivity contribution in [1.82, 2.24) is 14.9 Å². The normalized spacial score (nSPS) is 15.0. The Morgan fingerprint density at radius 3 is 2.65 bits per heavy atom. The van der Waals surface area contributed by atoms with Gasteiger partial charge in [0.05, 0.1) is 11.2 Å². The van der Waals surface area contributed by atoms with Crippen LogP contribution in [0.2, 0.25) is 0 Å². The van der Waals surface area contributed by atoms with Gasteiger partial charge >= 0.3 is 0 Å². The largest absolute Gasteiger partial charge is 0.368 e. The number of pyridine rings is 1. The molecule has 1 aliphatic heterocycles. The van der Waals surface area contributed by atoms with E-state index in [1.807, 2.05) is 19.1 Å². The fraction of sp³-hybridized carbons (Fsp3) is 0.250. The van der Waals surface area contributed by atoms with Gasteiger partial charge in [0.15, 0.2) is 0 Å². The van der Waals surface area contributed by atoms with E-state index in [0.717, 1.165) is 48.2 Å². The monoisotopic (exact) mass is 417 g/mol.